The highest BCUT2D eigenvalue weighted by Crippen LogP contribution is 2.69. The summed E-state index contributed by atoms with van der Waals surface area (Å²) in [7, 11) is 0. The van der Waals surface area contributed by atoms with Crippen molar-refractivity contribution >= 4 is 23.9 Å². The molecule has 6 N–H and O–H groups in total. The number of hydrogen-bond acceptors (Lipinski definition) is 11. The summed E-state index contributed by atoms with van der Waals surface area (Å²) >= 11 is 0. The van der Waals surface area contributed by atoms with Crippen molar-refractivity contribution in [2.45, 2.75) is 129 Å². The summed E-state index contributed by atoms with van der Waals surface area (Å²) in [6.45, 7) is 8.86. The van der Waals surface area contributed by atoms with Crippen LogP contribution >= 0.6 is 0 Å². The fraction of sp³-hybridized carbons (Fsp3) is 0.889. The van der Waals surface area contributed by atoms with E-state index < -0.39 is 17.9 Å². The number of nitrogens with two attached hydrogens (primary N) is 3. The second-order valence-corrected chi connectivity index (χ2v) is 15.3. The Balaban J connectivity index is 1.59. The van der Waals surface area contributed by atoms with Gasteiger partial charge in [0.05, 0.1) is 26.2 Å². The molecule has 4 aliphatic carbocycles. The summed E-state index contributed by atoms with van der Waals surface area (Å²) in [6.07, 6.45) is 9.78. The zero-order valence-electron chi connectivity index (χ0n) is 29.2. The Morgan fingerprint density at radius 2 is 1.47 bits per heavy atom. The van der Waals surface area contributed by atoms with Gasteiger partial charge in [0.2, 0.25) is 0 Å². The van der Waals surface area contributed by atoms with Crippen molar-refractivity contribution in [2.24, 2.45) is 63.5 Å². The van der Waals surface area contributed by atoms with Gasteiger partial charge in [-0.2, -0.15) is 0 Å². The number of hydrogen-bond donors (Lipinski definition) is 3. The van der Waals surface area contributed by atoms with Crippen LogP contribution < -0.4 is 17.2 Å². The summed E-state index contributed by atoms with van der Waals surface area (Å²) in [4.78, 5) is 50.3. The summed E-state index contributed by atoms with van der Waals surface area (Å²) in [6, 6.07) is 0. The Kier molecular flexibility index (Phi) is 13.1. The highest BCUT2D eigenvalue weighted by molar-refractivity contribution is 5.72. The highest BCUT2D eigenvalue weighted by atomic mass is 16.6. The molecule has 11 nitrogen and oxygen atoms in total. The zero-order valence-corrected chi connectivity index (χ0v) is 29.2. The van der Waals surface area contributed by atoms with Crippen molar-refractivity contribution in [2.75, 3.05) is 26.2 Å². The normalized spacial score (nSPS) is 36.7. The fourth-order valence-corrected chi connectivity index (χ4v) is 10.5. The van der Waals surface area contributed by atoms with Gasteiger partial charge in [0.15, 0.2) is 0 Å². The molecule has 268 valence electrons. The van der Waals surface area contributed by atoms with Gasteiger partial charge >= 0.3 is 23.9 Å². The third kappa shape index (κ3) is 8.15. The van der Waals surface area contributed by atoms with E-state index >= 15 is 0 Å². The molecular formula is C36H61N3O8. The maximum atomic E-state index is 12.9. The average molecular weight is 664 g/mol. The molecule has 0 saturated heterocycles. The largest absolute Gasteiger partial charge is 0.466 e. The van der Waals surface area contributed by atoms with Crippen LogP contribution in [0.4, 0.5) is 0 Å². The molecule has 0 radical (unpaired) electrons. The Morgan fingerprint density at radius 3 is 2.15 bits per heavy atom. The Hall–Kier alpha value is -2.24. The molecule has 0 unspecified atom stereocenters. The highest BCUT2D eigenvalue weighted by Gasteiger charge is 2.67. The van der Waals surface area contributed by atoms with Crippen molar-refractivity contribution in [1.29, 1.82) is 0 Å². The van der Waals surface area contributed by atoms with E-state index in [2.05, 4.69) is 27.7 Å². The topological polar surface area (TPSA) is 183 Å². The van der Waals surface area contributed by atoms with Gasteiger partial charge in [-0.05, 0) is 92.8 Å². The van der Waals surface area contributed by atoms with E-state index in [1.54, 1.807) is 0 Å². The summed E-state index contributed by atoms with van der Waals surface area (Å²) in [5.74, 6) is -0.553. The minimum Gasteiger partial charge on any atom is -0.466 e. The number of ether oxygens (including phenoxy) is 4. The molecule has 0 aromatic heterocycles. The molecule has 11 atom stereocenters. The van der Waals surface area contributed by atoms with Crippen LogP contribution in [0.5, 0.6) is 0 Å². The third-order valence-corrected chi connectivity index (χ3v) is 12.9. The number of carbonyl (C=O) groups excluding carboxylic acids is 4. The maximum Gasteiger partial charge on any atom is 0.319 e. The Bertz CT molecular complexity index is 1100. The molecule has 4 saturated carbocycles. The third-order valence-electron chi connectivity index (χ3n) is 12.9. The van der Waals surface area contributed by atoms with E-state index in [1.807, 2.05) is 0 Å². The number of esters is 4. The first-order valence-corrected chi connectivity index (χ1v) is 18.3. The molecule has 4 fully saturated rings. The first-order valence-electron chi connectivity index (χ1n) is 18.3. The predicted octanol–water partition coefficient (Wildman–Crippen LogP) is 4.02. The van der Waals surface area contributed by atoms with Crippen LogP contribution in [0, 0.1) is 46.3 Å². The van der Waals surface area contributed by atoms with E-state index in [9.17, 15) is 19.2 Å². The SMILES string of the molecule is CCCCCCOC(=O)CC[C@@H](C)[C@H]1CC[C@H]2[C@@H]3[C@H](OC(=O)CN)C[C@@H]4C[C@H](OC(=O)CN)CC[C@]4(C)[C@H]3C[C@H](OC(=O)CN)[C@]12C. The molecule has 0 aromatic rings. The molecule has 0 heterocycles. The minimum absolute atomic E-state index is 0.0676. The lowest BCUT2D eigenvalue weighted by atomic mass is 9.43. The molecule has 0 spiro atoms. The molecule has 0 aliphatic heterocycles. The van der Waals surface area contributed by atoms with Crippen molar-refractivity contribution in [3.8, 4) is 0 Å². The number of fused-ring (bicyclic) bond motifs is 5. The van der Waals surface area contributed by atoms with Gasteiger partial charge in [0, 0.05) is 17.8 Å². The van der Waals surface area contributed by atoms with Crippen LogP contribution in [0.2, 0.25) is 0 Å². The standard InChI is InChI=1S/C36H61N3O8/c1-5-6-7-8-15-44-30(40)12-9-22(2)25-10-11-26-34-27(18-29(36(25,26)4)47-33(43)21-39)35(3)14-13-24(45-31(41)19-37)16-23(35)17-28(34)46-32(42)20-38/h22-29,34H,5-21,37-39H2,1-4H3/t22-,23+,24-,25-,26+,27+,28-,29+,34+,35+,36-/m1/s1. The van der Waals surface area contributed by atoms with Gasteiger partial charge in [-0.25, -0.2) is 0 Å². The van der Waals surface area contributed by atoms with Crippen molar-refractivity contribution in [3.63, 3.8) is 0 Å². The van der Waals surface area contributed by atoms with Gasteiger partial charge in [0.1, 0.15) is 18.3 Å². The Labute approximate surface area is 281 Å². The van der Waals surface area contributed by atoms with Gasteiger partial charge in [-0.3, -0.25) is 19.2 Å². The lowest BCUT2D eigenvalue weighted by molar-refractivity contribution is -0.225. The zero-order chi connectivity index (χ0) is 34.4. The van der Waals surface area contributed by atoms with Crippen LogP contribution in [-0.2, 0) is 38.1 Å². The van der Waals surface area contributed by atoms with Gasteiger partial charge in [0.25, 0.3) is 0 Å². The van der Waals surface area contributed by atoms with Gasteiger partial charge in [-0.15, -0.1) is 0 Å². The molecular weight excluding hydrogens is 602 g/mol. The smallest absolute Gasteiger partial charge is 0.319 e. The van der Waals surface area contributed by atoms with Gasteiger partial charge in [-0.1, -0.05) is 47.0 Å². The van der Waals surface area contributed by atoms with E-state index in [-0.39, 0.29) is 90.3 Å². The summed E-state index contributed by atoms with van der Waals surface area (Å²) in [5.41, 5.74) is 16.6. The molecule has 4 aliphatic rings. The second kappa shape index (κ2) is 16.4. The lowest BCUT2D eigenvalue weighted by Crippen LogP contribution is -2.63. The van der Waals surface area contributed by atoms with E-state index in [4.69, 9.17) is 36.1 Å². The fourth-order valence-electron chi connectivity index (χ4n) is 10.5. The van der Waals surface area contributed by atoms with Crippen LogP contribution in [0.3, 0.4) is 0 Å². The number of unbranched alkanes of at least 4 members (excludes halogenated alkanes) is 3. The maximum absolute atomic E-state index is 12.9. The van der Waals surface area contributed by atoms with E-state index in [0.29, 0.717) is 38.7 Å². The number of rotatable bonds is 15. The molecule has 11 heteroatoms. The molecule has 0 aromatic carbocycles. The van der Waals surface area contributed by atoms with E-state index in [1.165, 1.54) is 0 Å². The van der Waals surface area contributed by atoms with Gasteiger partial charge < -0.3 is 36.1 Å². The Morgan fingerprint density at radius 1 is 0.787 bits per heavy atom. The second-order valence-electron chi connectivity index (χ2n) is 15.3. The van der Waals surface area contributed by atoms with Crippen LogP contribution in [0.1, 0.15) is 111 Å². The molecule has 47 heavy (non-hydrogen) atoms. The van der Waals surface area contributed by atoms with Crippen LogP contribution in [-0.4, -0.2) is 68.4 Å². The molecule has 0 bridgehead atoms. The van der Waals surface area contributed by atoms with Crippen molar-refractivity contribution in [3.05, 3.63) is 0 Å². The summed E-state index contributed by atoms with van der Waals surface area (Å²) < 4.78 is 23.7. The van der Waals surface area contributed by atoms with Crippen LogP contribution in [0.15, 0.2) is 0 Å². The monoisotopic (exact) mass is 663 g/mol. The summed E-state index contributed by atoms with van der Waals surface area (Å²) in [5, 5.41) is 0. The van der Waals surface area contributed by atoms with E-state index in [0.717, 1.165) is 51.4 Å². The lowest BCUT2D eigenvalue weighted by Gasteiger charge is -2.64. The van der Waals surface area contributed by atoms with Crippen LogP contribution in [0.25, 0.3) is 0 Å². The number of carbonyl (C=O) groups is 4. The predicted molar refractivity (Wildman–Crippen MR) is 176 cm³/mol. The van der Waals surface area contributed by atoms with Crippen molar-refractivity contribution in [1.82, 2.24) is 0 Å². The average Bonchev–Trinajstić information content (AvgIpc) is 3.42. The van der Waals surface area contributed by atoms with Crippen molar-refractivity contribution < 1.29 is 38.1 Å². The first-order chi connectivity index (χ1) is 22.4. The molecule has 0 amide bonds. The molecule has 4 rings (SSSR count). The first kappa shape index (κ1) is 37.6. The minimum atomic E-state index is -0.422. The quantitative estimate of drug-likeness (QED) is 0.131.